The van der Waals surface area contributed by atoms with Crippen LogP contribution < -0.4 is 4.90 Å². The van der Waals surface area contributed by atoms with Crippen molar-refractivity contribution >= 4 is 34.7 Å². The first kappa shape index (κ1) is 14.9. The number of aryl methyl sites for hydroxylation is 1. The fraction of sp³-hybridized carbons (Fsp3) is 0.188. The highest BCUT2D eigenvalue weighted by Gasteiger charge is 2.11. The predicted molar refractivity (Wildman–Crippen MR) is 85.2 cm³/mol. The standard InChI is InChI=1S/C16H15Cl2NO/c1-11-4-3-5-13(8-11)19(2)10-16(20)12-6-7-14(17)15(18)9-12/h3-9H,10H2,1-2H3. The largest absolute Gasteiger partial charge is 0.367 e. The number of hydrogen-bond acceptors (Lipinski definition) is 2. The number of anilines is 1. The SMILES string of the molecule is Cc1cccc(N(C)CC(=O)c2ccc(Cl)c(Cl)c2)c1. The number of benzene rings is 2. The van der Waals surface area contributed by atoms with Crippen molar-refractivity contribution in [3.63, 3.8) is 0 Å². The maximum absolute atomic E-state index is 12.2. The van der Waals surface area contributed by atoms with Crippen molar-refractivity contribution in [2.24, 2.45) is 0 Å². The van der Waals surface area contributed by atoms with Crippen LogP contribution in [0.15, 0.2) is 42.5 Å². The van der Waals surface area contributed by atoms with E-state index in [1.807, 2.05) is 43.1 Å². The molecule has 0 aliphatic carbocycles. The van der Waals surface area contributed by atoms with Gasteiger partial charge in [-0.15, -0.1) is 0 Å². The number of ketones is 1. The molecule has 2 aromatic carbocycles. The maximum Gasteiger partial charge on any atom is 0.182 e. The molecule has 0 saturated carbocycles. The fourth-order valence-electron chi connectivity index (χ4n) is 1.93. The summed E-state index contributed by atoms with van der Waals surface area (Å²) in [5.41, 5.74) is 2.74. The third-order valence-electron chi connectivity index (χ3n) is 3.06. The molecule has 0 atom stereocenters. The molecule has 0 spiro atoms. The van der Waals surface area contributed by atoms with Gasteiger partial charge in [-0.3, -0.25) is 4.79 Å². The summed E-state index contributed by atoms with van der Waals surface area (Å²) in [5.74, 6) is 0.00701. The zero-order valence-corrected chi connectivity index (χ0v) is 12.9. The minimum absolute atomic E-state index is 0.00701. The number of nitrogens with zero attached hydrogens (tertiary/aromatic N) is 1. The van der Waals surface area contributed by atoms with Gasteiger partial charge in [0.1, 0.15) is 0 Å². The van der Waals surface area contributed by atoms with Crippen LogP contribution >= 0.6 is 23.2 Å². The summed E-state index contributed by atoms with van der Waals surface area (Å²) < 4.78 is 0. The molecule has 2 nitrogen and oxygen atoms in total. The molecule has 0 amide bonds. The second-order valence-electron chi connectivity index (χ2n) is 4.75. The lowest BCUT2D eigenvalue weighted by molar-refractivity contribution is 0.100. The van der Waals surface area contributed by atoms with Crippen LogP contribution in [-0.2, 0) is 0 Å². The molecule has 0 N–H and O–H groups in total. The molecular formula is C16H15Cl2NO. The maximum atomic E-state index is 12.2. The van der Waals surface area contributed by atoms with Gasteiger partial charge in [0.15, 0.2) is 5.78 Å². The second kappa shape index (κ2) is 6.29. The third kappa shape index (κ3) is 3.53. The molecule has 0 radical (unpaired) electrons. The molecule has 4 heteroatoms. The Kier molecular flexibility index (Phi) is 4.69. The fourth-order valence-corrected chi connectivity index (χ4v) is 2.23. The zero-order valence-electron chi connectivity index (χ0n) is 11.4. The molecule has 0 bridgehead atoms. The van der Waals surface area contributed by atoms with Crippen LogP contribution in [0.4, 0.5) is 5.69 Å². The monoisotopic (exact) mass is 307 g/mol. The number of hydrogen-bond donors (Lipinski definition) is 0. The lowest BCUT2D eigenvalue weighted by atomic mass is 10.1. The summed E-state index contributed by atoms with van der Waals surface area (Å²) >= 11 is 11.8. The number of rotatable bonds is 4. The first-order valence-electron chi connectivity index (χ1n) is 6.23. The smallest absolute Gasteiger partial charge is 0.182 e. The van der Waals surface area contributed by atoms with E-state index in [4.69, 9.17) is 23.2 Å². The summed E-state index contributed by atoms with van der Waals surface area (Å²) in [5, 5.41) is 0.853. The molecule has 0 aromatic heterocycles. The molecule has 0 aliphatic rings. The molecule has 2 aromatic rings. The van der Waals surface area contributed by atoms with E-state index in [0.717, 1.165) is 11.3 Å². The van der Waals surface area contributed by atoms with Crippen LogP contribution in [0.25, 0.3) is 0 Å². The first-order chi connectivity index (χ1) is 9.47. The topological polar surface area (TPSA) is 20.3 Å². The Morgan fingerprint density at radius 3 is 2.50 bits per heavy atom. The van der Waals surface area contributed by atoms with Crippen LogP contribution in [0.1, 0.15) is 15.9 Å². The van der Waals surface area contributed by atoms with Crippen molar-refractivity contribution in [2.75, 3.05) is 18.5 Å². The quantitative estimate of drug-likeness (QED) is 0.768. The van der Waals surface area contributed by atoms with Crippen LogP contribution in [0.3, 0.4) is 0 Å². The van der Waals surface area contributed by atoms with E-state index in [1.165, 1.54) is 0 Å². The highest BCUT2D eigenvalue weighted by molar-refractivity contribution is 6.42. The number of carbonyl (C=O) groups excluding carboxylic acids is 1. The van der Waals surface area contributed by atoms with Gasteiger partial charge in [0, 0.05) is 18.3 Å². The average Bonchev–Trinajstić information content (AvgIpc) is 2.41. The molecule has 0 fully saturated rings. The van der Waals surface area contributed by atoms with E-state index in [-0.39, 0.29) is 5.78 Å². The van der Waals surface area contributed by atoms with Gasteiger partial charge in [-0.1, -0.05) is 35.3 Å². The van der Waals surface area contributed by atoms with Gasteiger partial charge < -0.3 is 4.90 Å². The van der Waals surface area contributed by atoms with E-state index in [2.05, 4.69) is 0 Å². The predicted octanol–water partition coefficient (Wildman–Crippen LogP) is 4.62. The van der Waals surface area contributed by atoms with Gasteiger partial charge in [0.25, 0.3) is 0 Å². The molecule has 0 saturated heterocycles. The van der Waals surface area contributed by atoms with Crippen molar-refractivity contribution in [2.45, 2.75) is 6.92 Å². The third-order valence-corrected chi connectivity index (χ3v) is 3.80. The summed E-state index contributed by atoms with van der Waals surface area (Å²) in [6.45, 7) is 2.32. The molecule has 104 valence electrons. The number of likely N-dealkylation sites (N-methyl/N-ethyl adjacent to an activating group) is 1. The van der Waals surface area contributed by atoms with Gasteiger partial charge in [0.05, 0.1) is 16.6 Å². The Bertz CT molecular complexity index is 640. The average molecular weight is 308 g/mol. The van der Waals surface area contributed by atoms with E-state index < -0.39 is 0 Å². The number of halogens is 2. The summed E-state index contributed by atoms with van der Waals surface area (Å²) in [6, 6.07) is 13.0. The highest BCUT2D eigenvalue weighted by Crippen LogP contribution is 2.23. The normalized spacial score (nSPS) is 10.4. The van der Waals surface area contributed by atoms with Crippen molar-refractivity contribution in [3.05, 3.63) is 63.6 Å². The summed E-state index contributed by atoms with van der Waals surface area (Å²) in [4.78, 5) is 14.1. The van der Waals surface area contributed by atoms with Crippen LogP contribution in [0.5, 0.6) is 0 Å². The van der Waals surface area contributed by atoms with Gasteiger partial charge in [-0.05, 0) is 42.8 Å². The second-order valence-corrected chi connectivity index (χ2v) is 5.56. The number of Topliss-reactive ketones (excluding diaryl/α,β-unsaturated/α-hetero) is 1. The molecule has 20 heavy (non-hydrogen) atoms. The van der Waals surface area contributed by atoms with E-state index in [9.17, 15) is 4.79 Å². The van der Waals surface area contributed by atoms with Gasteiger partial charge in [-0.2, -0.15) is 0 Å². The van der Waals surface area contributed by atoms with E-state index in [0.29, 0.717) is 22.2 Å². The molecule has 2 rings (SSSR count). The highest BCUT2D eigenvalue weighted by atomic mass is 35.5. The molecule has 0 heterocycles. The Morgan fingerprint density at radius 1 is 1.10 bits per heavy atom. The molecular weight excluding hydrogens is 293 g/mol. The summed E-state index contributed by atoms with van der Waals surface area (Å²) in [6.07, 6.45) is 0. The van der Waals surface area contributed by atoms with Crippen LogP contribution in [-0.4, -0.2) is 19.4 Å². The van der Waals surface area contributed by atoms with Gasteiger partial charge in [0.2, 0.25) is 0 Å². The first-order valence-corrected chi connectivity index (χ1v) is 6.99. The number of carbonyl (C=O) groups is 1. The van der Waals surface area contributed by atoms with Crippen molar-refractivity contribution in [1.29, 1.82) is 0 Å². The van der Waals surface area contributed by atoms with Crippen molar-refractivity contribution in [3.8, 4) is 0 Å². The minimum atomic E-state index is 0.00701. The minimum Gasteiger partial charge on any atom is -0.367 e. The van der Waals surface area contributed by atoms with Crippen LogP contribution in [0.2, 0.25) is 10.0 Å². The lowest BCUT2D eigenvalue weighted by Gasteiger charge is -2.19. The Hall–Kier alpha value is -1.51. The van der Waals surface area contributed by atoms with Gasteiger partial charge in [-0.25, -0.2) is 0 Å². The Balaban J connectivity index is 2.13. The van der Waals surface area contributed by atoms with E-state index in [1.54, 1.807) is 18.2 Å². The summed E-state index contributed by atoms with van der Waals surface area (Å²) in [7, 11) is 1.89. The lowest BCUT2D eigenvalue weighted by Crippen LogP contribution is -2.25. The zero-order chi connectivity index (χ0) is 14.7. The Morgan fingerprint density at radius 2 is 1.85 bits per heavy atom. The Labute approximate surface area is 128 Å². The molecule has 0 unspecified atom stereocenters. The van der Waals surface area contributed by atoms with E-state index >= 15 is 0 Å². The van der Waals surface area contributed by atoms with Crippen molar-refractivity contribution in [1.82, 2.24) is 0 Å². The van der Waals surface area contributed by atoms with Gasteiger partial charge >= 0.3 is 0 Å². The van der Waals surface area contributed by atoms with Crippen molar-refractivity contribution < 1.29 is 4.79 Å². The van der Waals surface area contributed by atoms with Crippen LogP contribution in [0, 0.1) is 6.92 Å². The molecule has 0 aliphatic heterocycles.